The molecule has 106 valence electrons. The number of nitrogens with zero attached hydrogens (tertiary/aromatic N) is 3. The number of carbonyl (C=O) groups is 2. The summed E-state index contributed by atoms with van der Waals surface area (Å²) in [5.74, 6) is -0.282. The molecule has 1 aromatic rings. The number of nitrogens with two attached hydrogens (primary N) is 1. The van der Waals surface area contributed by atoms with E-state index in [0.717, 1.165) is 6.42 Å². The van der Waals surface area contributed by atoms with Gasteiger partial charge in [-0.3, -0.25) is 9.59 Å². The fourth-order valence-corrected chi connectivity index (χ4v) is 1.26. The fraction of sp³-hybridized carbons (Fsp3) is 0.636. The second kappa shape index (κ2) is 7.34. The minimum absolute atomic E-state index is 0.0826. The molecule has 1 heterocycles. The lowest BCUT2D eigenvalue weighted by atomic mass is 10.1. The van der Waals surface area contributed by atoms with Crippen LogP contribution in [-0.4, -0.2) is 39.8 Å². The molecule has 0 saturated carbocycles. The van der Waals surface area contributed by atoms with Crippen LogP contribution in [0.25, 0.3) is 0 Å². The van der Waals surface area contributed by atoms with Gasteiger partial charge in [0.2, 0.25) is 5.95 Å². The predicted octanol–water partition coefficient (Wildman–Crippen LogP) is -0.434. The van der Waals surface area contributed by atoms with Gasteiger partial charge >= 0.3 is 5.97 Å². The first-order valence-corrected chi connectivity index (χ1v) is 6.04. The zero-order valence-corrected chi connectivity index (χ0v) is 11.1. The highest BCUT2D eigenvalue weighted by atomic mass is 16.5. The predicted molar refractivity (Wildman–Crippen MR) is 67.9 cm³/mol. The highest BCUT2D eigenvalue weighted by molar-refractivity contribution is 5.80. The standard InChI is InChI=1S/C11H19N5O3/c1-8(2)3-4-13-9(17)6-19-10(18)5-16-7-14-11(12)15-16/h7-8H,3-6H2,1-2H3,(H2,12,15)(H,13,17). The quantitative estimate of drug-likeness (QED) is 0.649. The van der Waals surface area contributed by atoms with Crippen molar-refractivity contribution in [3.63, 3.8) is 0 Å². The van der Waals surface area contributed by atoms with Crippen molar-refractivity contribution in [1.82, 2.24) is 20.1 Å². The van der Waals surface area contributed by atoms with Crippen LogP contribution in [0.15, 0.2) is 6.33 Å². The molecule has 0 bridgehead atoms. The number of carbonyl (C=O) groups excluding carboxylic acids is 2. The minimum Gasteiger partial charge on any atom is -0.454 e. The van der Waals surface area contributed by atoms with Gasteiger partial charge in [0.15, 0.2) is 6.61 Å². The number of hydrogen-bond acceptors (Lipinski definition) is 6. The second-order valence-electron chi connectivity index (χ2n) is 4.49. The lowest BCUT2D eigenvalue weighted by Crippen LogP contribution is -2.30. The molecule has 0 atom stereocenters. The van der Waals surface area contributed by atoms with Gasteiger partial charge in [-0.1, -0.05) is 13.8 Å². The van der Waals surface area contributed by atoms with E-state index >= 15 is 0 Å². The van der Waals surface area contributed by atoms with Gasteiger partial charge in [0.25, 0.3) is 5.91 Å². The first-order chi connectivity index (χ1) is 8.97. The molecule has 1 aromatic heterocycles. The SMILES string of the molecule is CC(C)CCNC(=O)COC(=O)Cn1cnc(N)n1. The maximum absolute atomic E-state index is 11.4. The van der Waals surface area contributed by atoms with Crippen LogP contribution in [-0.2, 0) is 20.9 Å². The van der Waals surface area contributed by atoms with Gasteiger partial charge in [-0.2, -0.15) is 0 Å². The summed E-state index contributed by atoms with van der Waals surface area (Å²) in [4.78, 5) is 26.4. The Morgan fingerprint density at radius 3 is 2.84 bits per heavy atom. The summed E-state index contributed by atoms with van der Waals surface area (Å²) in [6.07, 6.45) is 2.21. The average Bonchev–Trinajstić information content (AvgIpc) is 2.71. The van der Waals surface area contributed by atoms with Crippen molar-refractivity contribution in [2.75, 3.05) is 18.9 Å². The lowest BCUT2D eigenvalue weighted by molar-refractivity contribution is -0.149. The summed E-state index contributed by atoms with van der Waals surface area (Å²) in [7, 11) is 0. The van der Waals surface area contributed by atoms with Crippen molar-refractivity contribution in [3.05, 3.63) is 6.33 Å². The Kier molecular flexibility index (Phi) is 5.77. The molecule has 0 saturated heterocycles. The van der Waals surface area contributed by atoms with Crippen LogP contribution in [0.1, 0.15) is 20.3 Å². The van der Waals surface area contributed by atoms with Gasteiger partial charge in [-0.05, 0) is 12.3 Å². The number of ether oxygens (including phenoxy) is 1. The van der Waals surface area contributed by atoms with E-state index in [2.05, 4.69) is 29.2 Å². The van der Waals surface area contributed by atoms with Crippen molar-refractivity contribution in [1.29, 1.82) is 0 Å². The van der Waals surface area contributed by atoms with Crippen LogP contribution in [0.2, 0.25) is 0 Å². The summed E-state index contributed by atoms with van der Waals surface area (Å²) in [5, 5.41) is 6.40. The Morgan fingerprint density at radius 1 is 1.53 bits per heavy atom. The molecule has 0 fully saturated rings. The summed E-state index contributed by atoms with van der Waals surface area (Å²) in [5.41, 5.74) is 5.30. The molecule has 0 spiro atoms. The molecule has 1 rings (SSSR count). The summed E-state index contributed by atoms with van der Waals surface area (Å²) in [6, 6.07) is 0. The van der Waals surface area contributed by atoms with E-state index in [-0.39, 0.29) is 25.0 Å². The highest BCUT2D eigenvalue weighted by Crippen LogP contribution is 1.96. The molecule has 0 unspecified atom stereocenters. The van der Waals surface area contributed by atoms with E-state index in [1.54, 1.807) is 0 Å². The number of amides is 1. The molecule has 0 aliphatic heterocycles. The molecular formula is C11H19N5O3. The molecule has 1 amide bonds. The van der Waals surface area contributed by atoms with Gasteiger partial charge in [0, 0.05) is 6.54 Å². The monoisotopic (exact) mass is 269 g/mol. The van der Waals surface area contributed by atoms with Crippen LogP contribution < -0.4 is 11.1 Å². The van der Waals surface area contributed by atoms with E-state index in [1.165, 1.54) is 11.0 Å². The van der Waals surface area contributed by atoms with Crippen molar-refractivity contribution in [2.45, 2.75) is 26.8 Å². The lowest BCUT2D eigenvalue weighted by Gasteiger charge is -2.07. The van der Waals surface area contributed by atoms with Crippen LogP contribution in [0.5, 0.6) is 0 Å². The topological polar surface area (TPSA) is 112 Å². The van der Waals surface area contributed by atoms with Gasteiger partial charge in [0.05, 0.1) is 0 Å². The number of nitrogens with one attached hydrogen (secondary N) is 1. The largest absolute Gasteiger partial charge is 0.454 e. The third-order valence-electron chi connectivity index (χ3n) is 2.25. The molecule has 19 heavy (non-hydrogen) atoms. The molecule has 3 N–H and O–H groups in total. The van der Waals surface area contributed by atoms with Crippen LogP contribution in [0.4, 0.5) is 5.95 Å². The van der Waals surface area contributed by atoms with E-state index < -0.39 is 5.97 Å². The van der Waals surface area contributed by atoms with E-state index in [0.29, 0.717) is 12.5 Å². The molecule has 0 aliphatic carbocycles. The van der Waals surface area contributed by atoms with E-state index in [1.807, 2.05) is 0 Å². The third-order valence-corrected chi connectivity index (χ3v) is 2.25. The Bertz CT molecular complexity index is 430. The maximum Gasteiger partial charge on any atom is 0.328 e. The van der Waals surface area contributed by atoms with Crippen molar-refractivity contribution in [2.24, 2.45) is 5.92 Å². The maximum atomic E-state index is 11.4. The van der Waals surface area contributed by atoms with Crippen molar-refractivity contribution >= 4 is 17.8 Å². The number of nitrogen functional groups attached to an aromatic ring is 1. The Hall–Kier alpha value is -2.12. The summed E-state index contributed by atoms with van der Waals surface area (Å²) in [6.45, 7) is 4.30. The van der Waals surface area contributed by atoms with Crippen molar-refractivity contribution < 1.29 is 14.3 Å². The zero-order valence-electron chi connectivity index (χ0n) is 11.1. The normalized spacial score (nSPS) is 10.5. The number of rotatable bonds is 7. The molecule has 0 aromatic carbocycles. The van der Waals surface area contributed by atoms with Crippen LogP contribution in [0, 0.1) is 5.92 Å². The third kappa shape index (κ3) is 6.39. The molecule has 0 aliphatic rings. The number of anilines is 1. The first-order valence-electron chi connectivity index (χ1n) is 6.04. The van der Waals surface area contributed by atoms with E-state index in [9.17, 15) is 9.59 Å². The summed E-state index contributed by atoms with van der Waals surface area (Å²) < 4.78 is 6.04. The number of aromatic nitrogens is 3. The molecular weight excluding hydrogens is 250 g/mol. The van der Waals surface area contributed by atoms with Crippen LogP contribution in [0.3, 0.4) is 0 Å². The van der Waals surface area contributed by atoms with Gasteiger partial charge < -0.3 is 15.8 Å². The fourth-order valence-electron chi connectivity index (χ4n) is 1.26. The smallest absolute Gasteiger partial charge is 0.328 e. The molecule has 0 radical (unpaired) electrons. The molecule has 8 nitrogen and oxygen atoms in total. The minimum atomic E-state index is -0.566. The first kappa shape index (κ1) is 14.9. The Balaban J connectivity index is 2.17. The van der Waals surface area contributed by atoms with Gasteiger partial charge in [-0.25, -0.2) is 9.67 Å². The van der Waals surface area contributed by atoms with Gasteiger partial charge in [-0.15, -0.1) is 5.10 Å². The Labute approximate surface area is 111 Å². The van der Waals surface area contributed by atoms with Crippen molar-refractivity contribution in [3.8, 4) is 0 Å². The highest BCUT2D eigenvalue weighted by Gasteiger charge is 2.09. The van der Waals surface area contributed by atoms with E-state index in [4.69, 9.17) is 10.5 Å². The number of hydrogen-bond donors (Lipinski definition) is 2. The number of esters is 1. The molecule has 8 heteroatoms. The zero-order chi connectivity index (χ0) is 14.3. The Morgan fingerprint density at radius 2 is 2.26 bits per heavy atom. The second-order valence-corrected chi connectivity index (χ2v) is 4.49. The van der Waals surface area contributed by atoms with Crippen LogP contribution >= 0.6 is 0 Å². The summed E-state index contributed by atoms with van der Waals surface area (Å²) >= 11 is 0. The van der Waals surface area contributed by atoms with Gasteiger partial charge in [0.1, 0.15) is 12.9 Å². The average molecular weight is 269 g/mol.